The van der Waals surface area contributed by atoms with Crippen LogP contribution in [0.1, 0.15) is 0 Å². The maximum Gasteiger partial charge on any atom is 0.175 e. The van der Waals surface area contributed by atoms with Gasteiger partial charge in [-0.15, -0.1) is 25.3 Å². The molecule has 0 aromatic heterocycles. The number of hydrogen-bond acceptors (Lipinski definition) is 2. The lowest BCUT2D eigenvalue weighted by atomic mass is 10.0. The second-order valence-corrected chi connectivity index (χ2v) is 4.49. The Labute approximate surface area is 111 Å². The van der Waals surface area contributed by atoms with Gasteiger partial charge in [-0.3, -0.25) is 0 Å². The fraction of sp³-hybridized carbons (Fsp3) is 0. The molecule has 0 aliphatic carbocycles. The predicted octanol–water partition coefficient (Wildman–Crippen LogP) is 4.49. The highest BCUT2D eigenvalue weighted by Crippen LogP contribution is 2.33. The van der Waals surface area contributed by atoms with Crippen molar-refractivity contribution in [3.05, 3.63) is 47.5 Å². The van der Waals surface area contributed by atoms with E-state index in [0.29, 0.717) is 4.90 Å². The van der Waals surface area contributed by atoms with Gasteiger partial charge < -0.3 is 0 Å². The first-order valence-corrected chi connectivity index (χ1v) is 5.67. The molecule has 0 spiro atoms. The van der Waals surface area contributed by atoms with Gasteiger partial charge in [0.2, 0.25) is 0 Å². The molecule has 0 atom stereocenters. The fourth-order valence-corrected chi connectivity index (χ4v) is 1.85. The van der Waals surface area contributed by atoms with Crippen molar-refractivity contribution >= 4 is 25.3 Å². The van der Waals surface area contributed by atoms with E-state index in [-0.39, 0.29) is 5.56 Å². The van der Waals surface area contributed by atoms with Gasteiger partial charge in [0.25, 0.3) is 0 Å². The van der Waals surface area contributed by atoms with E-state index in [1.165, 1.54) is 24.3 Å². The molecule has 94 valence electrons. The first-order chi connectivity index (χ1) is 8.43. The maximum atomic E-state index is 13.6. The third-order valence-electron chi connectivity index (χ3n) is 2.40. The Balaban J connectivity index is 2.75. The topological polar surface area (TPSA) is 0 Å². The molecule has 0 saturated heterocycles. The van der Waals surface area contributed by atoms with E-state index in [1.807, 2.05) is 0 Å². The zero-order valence-corrected chi connectivity index (χ0v) is 10.5. The fourth-order valence-electron chi connectivity index (χ4n) is 1.50. The van der Waals surface area contributed by atoms with Crippen LogP contribution >= 0.6 is 25.3 Å². The van der Waals surface area contributed by atoms with Crippen molar-refractivity contribution in [3.63, 3.8) is 0 Å². The summed E-state index contributed by atoms with van der Waals surface area (Å²) < 4.78 is 53.9. The van der Waals surface area contributed by atoms with Crippen molar-refractivity contribution in [2.24, 2.45) is 0 Å². The molecule has 2 rings (SSSR count). The predicted molar refractivity (Wildman–Crippen MR) is 66.2 cm³/mol. The SMILES string of the molecule is Fc1c(F)c(-c2ccc(S)cc2)c(F)c(F)c1S. The van der Waals surface area contributed by atoms with Crippen molar-refractivity contribution in [3.8, 4) is 11.1 Å². The van der Waals surface area contributed by atoms with Crippen molar-refractivity contribution in [2.75, 3.05) is 0 Å². The average molecular weight is 290 g/mol. The third-order valence-corrected chi connectivity index (χ3v) is 3.09. The van der Waals surface area contributed by atoms with Gasteiger partial charge in [-0.2, -0.15) is 0 Å². The van der Waals surface area contributed by atoms with E-state index < -0.39 is 33.7 Å². The summed E-state index contributed by atoms with van der Waals surface area (Å²) in [6.45, 7) is 0. The molecule has 18 heavy (non-hydrogen) atoms. The van der Waals surface area contributed by atoms with Crippen LogP contribution in [0.3, 0.4) is 0 Å². The van der Waals surface area contributed by atoms with Gasteiger partial charge in [0.15, 0.2) is 23.3 Å². The Kier molecular flexibility index (Phi) is 3.59. The van der Waals surface area contributed by atoms with E-state index >= 15 is 0 Å². The summed E-state index contributed by atoms with van der Waals surface area (Å²) in [6.07, 6.45) is 0. The van der Waals surface area contributed by atoms with E-state index in [2.05, 4.69) is 25.3 Å². The van der Waals surface area contributed by atoms with Crippen molar-refractivity contribution in [1.29, 1.82) is 0 Å². The Morgan fingerprint density at radius 2 is 1.11 bits per heavy atom. The molecule has 0 bridgehead atoms. The summed E-state index contributed by atoms with van der Waals surface area (Å²) in [5.74, 6) is -5.96. The normalized spacial score (nSPS) is 10.8. The Hall–Kier alpha value is -1.14. The van der Waals surface area contributed by atoms with Crippen LogP contribution in [0.2, 0.25) is 0 Å². The minimum atomic E-state index is -1.51. The molecule has 6 heteroatoms. The van der Waals surface area contributed by atoms with Crippen LogP contribution in [-0.2, 0) is 0 Å². The molecule has 2 aromatic rings. The molecule has 0 amide bonds. The highest BCUT2D eigenvalue weighted by Gasteiger charge is 2.24. The van der Waals surface area contributed by atoms with Crippen LogP contribution in [0.25, 0.3) is 11.1 Å². The van der Waals surface area contributed by atoms with Crippen LogP contribution < -0.4 is 0 Å². The van der Waals surface area contributed by atoms with Crippen LogP contribution in [0, 0.1) is 23.3 Å². The van der Waals surface area contributed by atoms with Crippen LogP contribution in [-0.4, -0.2) is 0 Å². The van der Waals surface area contributed by atoms with Gasteiger partial charge in [0.1, 0.15) is 0 Å². The lowest BCUT2D eigenvalue weighted by Crippen LogP contribution is -2.01. The molecule has 0 fully saturated rings. The molecule has 0 aliphatic heterocycles. The van der Waals surface area contributed by atoms with Crippen molar-refractivity contribution in [2.45, 2.75) is 9.79 Å². The zero-order chi connectivity index (χ0) is 13.4. The molecule has 0 nitrogen and oxygen atoms in total. The molecule has 0 N–H and O–H groups in total. The van der Waals surface area contributed by atoms with E-state index in [0.717, 1.165) is 0 Å². The molecule has 0 aliphatic rings. The second kappa shape index (κ2) is 4.85. The first kappa shape index (κ1) is 13.3. The van der Waals surface area contributed by atoms with Crippen LogP contribution in [0.4, 0.5) is 17.6 Å². The summed E-state index contributed by atoms with van der Waals surface area (Å²) in [4.78, 5) is -0.411. The number of benzene rings is 2. The molecule has 2 aromatic carbocycles. The third kappa shape index (κ3) is 2.10. The number of thiol groups is 2. The quantitative estimate of drug-likeness (QED) is 0.431. The summed E-state index contributed by atoms with van der Waals surface area (Å²) in [7, 11) is 0. The standard InChI is InChI=1S/C12H6F4S2/c13-8-7(5-1-3-6(17)4-2-5)9(14)11(16)12(18)10(8)15/h1-4,17-18H. The molecule has 0 unspecified atom stereocenters. The van der Waals surface area contributed by atoms with Gasteiger partial charge in [-0.25, -0.2) is 17.6 Å². The summed E-state index contributed by atoms with van der Waals surface area (Å²) in [5, 5.41) is 0. The monoisotopic (exact) mass is 290 g/mol. The Bertz CT molecular complexity index is 579. The molecule has 0 saturated carbocycles. The van der Waals surface area contributed by atoms with Crippen molar-refractivity contribution < 1.29 is 17.6 Å². The first-order valence-electron chi connectivity index (χ1n) is 4.77. The van der Waals surface area contributed by atoms with E-state index in [1.54, 1.807) is 0 Å². The molecular formula is C12H6F4S2. The average Bonchev–Trinajstić information content (AvgIpc) is 2.36. The van der Waals surface area contributed by atoms with Gasteiger partial charge in [0.05, 0.1) is 10.5 Å². The number of hydrogen-bond donors (Lipinski definition) is 2. The van der Waals surface area contributed by atoms with Gasteiger partial charge in [-0.1, -0.05) is 12.1 Å². The Morgan fingerprint density at radius 3 is 1.56 bits per heavy atom. The lowest BCUT2D eigenvalue weighted by Gasteiger charge is -2.09. The molecule has 0 radical (unpaired) electrons. The lowest BCUT2D eigenvalue weighted by molar-refractivity contribution is 0.430. The summed E-state index contributed by atoms with van der Waals surface area (Å²) >= 11 is 7.39. The number of rotatable bonds is 1. The van der Waals surface area contributed by atoms with Crippen LogP contribution in [0.15, 0.2) is 34.1 Å². The van der Waals surface area contributed by atoms with Gasteiger partial charge in [0, 0.05) is 4.90 Å². The Morgan fingerprint density at radius 1 is 0.667 bits per heavy atom. The second-order valence-electron chi connectivity index (χ2n) is 3.53. The summed E-state index contributed by atoms with van der Waals surface area (Å²) in [5.41, 5.74) is -0.731. The van der Waals surface area contributed by atoms with Gasteiger partial charge >= 0.3 is 0 Å². The van der Waals surface area contributed by atoms with Gasteiger partial charge in [-0.05, 0) is 17.7 Å². The van der Waals surface area contributed by atoms with Crippen LogP contribution in [0.5, 0.6) is 0 Å². The minimum Gasteiger partial charge on any atom is -0.203 e. The highest BCUT2D eigenvalue weighted by atomic mass is 32.1. The maximum absolute atomic E-state index is 13.6. The van der Waals surface area contributed by atoms with E-state index in [4.69, 9.17) is 0 Å². The van der Waals surface area contributed by atoms with Crippen molar-refractivity contribution in [1.82, 2.24) is 0 Å². The largest absolute Gasteiger partial charge is 0.203 e. The highest BCUT2D eigenvalue weighted by molar-refractivity contribution is 7.80. The minimum absolute atomic E-state index is 0.0222. The smallest absolute Gasteiger partial charge is 0.175 e. The molecular weight excluding hydrogens is 284 g/mol. The zero-order valence-electron chi connectivity index (χ0n) is 8.72. The summed E-state index contributed by atoms with van der Waals surface area (Å²) in [6, 6.07) is 5.56. The molecule has 0 heterocycles. The number of halogens is 4. The van der Waals surface area contributed by atoms with E-state index in [9.17, 15) is 17.6 Å².